The van der Waals surface area contributed by atoms with Gasteiger partial charge in [-0.3, -0.25) is 15.3 Å². The number of esters is 2. The molecule has 0 bridgehead atoms. The lowest BCUT2D eigenvalue weighted by Gasteiger charge is -2.27. The van der Waals surface area contributed by atoms with E-state index in [1.54, 1.807) is 17.6 Å². The smallest absolute Gasteiger partial charge is 0.351 e. The molecule has 1 fully saturated rings. The van der Waals surface area contributed by atoms with Crippen molar-refractivity contribution in [2.24, 2.45) is 0 Å². The predicted molar refractivity (Wildman–Crippen MR) is 89.8 cm³/mol. The summed E-state index contributed by atoms with van der Waals surface area (Å²) < 4.78 is 17.6. The zero-order valence-electron chi connectivity index (χ0n) is 14.2. The molecule has 2 aliphatic rings. The van der Waals surface area contributed by atoms with Crippen LogP contribution in [0, 0.1) is 0 Å². The maximum absolute atomic E-state index is 12.6. The molecule has 11 heteroatoms. The summed E-state index contributed by atoms with van der Waals surface area (Å²) >= 11 is 0. The maximum atomic E-state index is 12.6. The Kier molecular flexibility index (Phi) is 4.55. The van der Waals surface area contributed by atoms with Gasteiger partial charge in [-0.15, -0.1) is 0 Å². The van der Waals surface area contributed by atoms with E-state index < -0.39 is 48.8 Å². The van der Waals surface area contributed by atoms with Crippen molar-refractivity contribution >= 4 is 17.8 Å². The van der Waals surface area contributed by atoms with Crippen LogP contribution in [0.1, 0.15) is 26.9 Å². The molecule has 0 radical (unpaired) electrons. The Morgan fingerprint density at radius 2 is 1.68 bits per heavy atom. The summed E-state index contributed by atoms with van der Waals surface area (Å²) in [6.07, 6.45) is -3.30. The van der Waals surface area contributed by atoms with Crippen molar-refractivity contribution in [3.05, 3.63) is 58.1 Å². The molecule has 4 rings (SSSR count). The van der Waals surface area contributed by atoms with E-state index in [2.05, 4.69) is 4.98 Å². The minimum Gasteiger partial charge on any atom is -0.452 e. The molecule has 0 unspecified atom stereocenters. The van der Waals surface area contributed by atoms with Gasteiger partial charge in [0.1, 0.15) is 6.10 Å². The van der Waals surface area contributed by atoms with Gasteiger partial charge < -0.3 is 19.3 Å². The second-order valence-corrected chi connectivity index (χ2v) is 6.15. The average molecular weight is 389 g/mol. The summed E-state index contributed by atoms with van der Waals surface area (Å²) in [4.78, 5) is 41.0. The molecule has 2 aromatic rings. The number of rotatable bonds is 3. The van der Waals surface area contributed by atoms with Gasteiger partial charge in [0.05, 0.1) is 17.7 Å². The Hall–Kier alpha value is -3.28. The van der Waals surface area contributed by atoms with E-state index in [9.17, 15) is 19.5 Å². The molecule has 3 heterocycles. The van der Waals surface area contributed by atoms with Crippen LogP contribution in [0.15, 0.2) is 41.3 Å². The standard InChI is InChI=1S/C17H15N3O8/c21-7-10-12-13(14(26-10)20-6-5-11(19-25)18-17(20)24)28-16(23)9-4-2-1-3-8(9)15(22)27-12/h1-6,10,12-14,21,25H,7H2,(H,18,19,24)/t10-,12-,13-,14-/m1/s1. The molecular formula is C17H15N3O8. The number of carbonyl (C=O) groups is 2. The number of carbonyl (C=O) groups excluding carboxylic acids is 2. The Bertz CT molecular complexity index is 990. The predicted octanol–water partition coefficient (Wildman–Crippen LogP) is -0.301. The summed E-state index contributed by atoms with van der Waals surface area (Å²) in [7, 11) is 0. The van der Waals surface area contributed by atoms with E-state index >= 15 is 0 Å². The van der Waals surface area contributed by atoms with Crippen molar-refractivity contribution in [2.75, 3.05) is 12.1 Å². The molecule has 0 amide bonds. The molecule has 1 aromatic carbocycles. The first-order valence-electron chi connectivity index (χ1n) is 8.30. The van der Waals surface area contributed by atoms with Crippen LogP contribution in [-0.4, -0.2) is 56.7 Å². The highest BCUT2D eigenvalue weighted by molar-refractivity contribution is 6.03. The summed E-state index contributed by atoms with van der Waals surface area (Å²) in [5.74, 6) is -1.65. The van der Waals surface area contributed by atoms with Crippen LogP contribution >= 0.6 is 0 Å². The number of aromatic nitrogens is 2. The van der Waals surface area contributed by atoms with E-state index in [-0.39, 0.29) is 16.9 Å². The fourth-order valence-electron chi connectivity index (χ4n) is 3.23. The summed E-state index contributed by atoms with van der Waals surface area (Å²) in [6.45, 7) is -0.539. The molecule has 11 nitrogen and oxygen atoms in total. The fraction of sp³-hybridized carbons (Fsp3) is 0.294. The number of anilines is 1. The molecule has 1 saturated heterocycles. The van der Waals surface area contributed by atoms with E-state index in [0.29, 0.717) is 0 Å². The third kappa shape index (κ3) is 2.91. The highest BCUT2D eigenvalue weighted by Gasteiger charge is 2.52. The third-order valence-electron chi connectivity index (χ3n) is 4.54. The minimum atomic E-state index is -1.20. The van der Waals surface area contributed by atoms with Gasteiger partial charge >= 0.3 is 17.6 Å². The number of hydrogen-bond acceptors (Lipinski definition) is 10. The van der Waals surface area contributed by atoms with Crippen LogP contribution in [0.5, 0.6) is 0 Å². The second kappa shape index (κ2) is 7.03. The number of aliphatic hydroxyl groups excluding tert-OH is 1. The van der Waals surface area contributed by atoms with Crippen molar-refractivity contribution in [1.82, 2.24) is 9.55 Å². The van der Waals surface area contributed by atoms with Gasteiger partial charge in [-0.25, -0.2) is 14.4 Å². The summed E-state index contributed by atoms with van der Waals surface area (Å²) in [5, 5.41) is 18.5. The number of benzene rings is 1. The monoisotopic (exact) mass is 389 g/mol. The van der Waals surface area contributed by atoms with E-state index in [1.165, 1.54) is 24.4 Å². The van der Waals surface area contributed by atoms with Crippen molar-refractivity contribution < 1.29 is 34.1 Å². The summed E-state index contributed by atoms with van der Waals surface area (Å²) in [6, 6.07) is 7.28. The van der Waals surface area contributed by atoms with Crippen molar-refractivity contribution in [2.45, 2.75) is 24.5 Å². The minimum absolute atomic E-state index is 0.0162. The maximum Gasteiger partial charge on any atom is 0.351 e. The first-order chi connectivity index (χ1) is 13.5. The van der Waals surface area contributed by atoms with Crippen LogP contribution in [0.2, 0.25) is 0 Å². The van der Waals surface area contributed by atoms with Gasteiger partial charge in [0.15, 0.2) is 24.3 Å². The van der Waals surface area contributed by atoms with Crippen molar-refractivity contribution in [1.29, 1.82) is 0 Å². The lowest BCUT2D eigenvalue weighted by Crippen LogP contribution is -2.43. The number of nitrogens with zero attached hydrogens (tertiary/aromatic N) is 2. The Balaban J connectivity index is 1.76. The zero-order valence-corrected chi connectivity index (χ0v) is 14.2. The quantitative estimate of drug-likeness (QED) is 0.472. The molecule has 1 aromatic heterocycles. The number of hydrogen-bond donors (Lipinski definition) is 3. The highest BCUT2D eigenvalue weighted by atomic mass is 16.6. The van der Waals surface area contributed by atoms with Crippen molar-refractivity contribution in [3.63, 3.8) is 0 Å². The lowest BCUT2D eigenvalue weighted by molar-refractivity contribution is -0.0602. The topological polar surface area (TPSA) is 149 Å². The number of aliphatic hydroxyl groups is 1. The van der Waals surface area contributed by atoms with E-state index in [0.717, 1.165) is 4.57 Å². The van der Waals surface area contributed by atoms with E-state index in [4.69, 9.17) is 19.4 Å². The molecule has 2 aliphatic heterocycles. The molecule has 0 spiro atoms. The second-order valence-electron chi connectivity index (χ2n) is 6.15. The largest absolute Gasteiger partial charge is 0.452 e. The normalized spacial score (nSPS) is 26.4. The molecular weight excluding hydrogens is 374 g/mol. The van der Waals surface area contributed by atoms with Crippen LogP contribution in [0.4, 0.5) is 5.82 Å². The van der Waals surface area contributed by atoms with Crippen molar-refractivity contribution in [3.8, 4) is 0 Å². The van der Waals surface area contributed by atoms with Crippen LogP contribution in [0.25, 0.3) is 0 Å². The zero-order chi connectivity index (χ0) is 19.8. The first kappa shape index (κ1) is 18.1. The fourth-order valence-corrected chi connectivity index (χ4v) is 3.23. The van der Waals surface area contributed by atoms with Crippen LogP contribution < -0.4 is 11.2 Å². The van der Waals surface area contributed by atoms with Gasteiger partial charge in [0, 0.05) is 6.20 Å². The third-order valence-corrected chi connectivity index (χ3v) is 4.54. The summed E-state index contributed by atoms with van der Waals surface area (Å²) in [5.41, 5.74) is 0.977. The average Bonchev–Trinajstić information content (AvgIpc) is 3.03. The Morgan fingerprint density at radius 1 is 1.04 bits per heavy atom. The van der Waals surface area contributed by atoms with Crippen LogP contribution in [0.3, 0.4) is 0 Å². The van der Waals surface area contributed by atoms with Gasteiger partial charge in [0.25, 0.3) is 0 Å². The molecule has 0 saturated carbocycles. The molecule has 4 atom stereocenters. The number of fused-ring (bicyclic) bond motifs is 2. The Morgan fingerprint density at radius 3 is 2.25 bits per heavy atom. The molecule has 3 N–H and O–H groups in total. The van der Waals surface area contributed by atoms with Gasteiger partial charge in [-0.2, -0.15) is 4.98 Å². The van der Waals surface area contributed by atoms with E-state index in [1.807, 2.05) is 0 Å². The SMILES string of the molecule is O=C1O[C@@H]2[C@H](OC(=O)c3ccccc31)[C@@H](CO)O[C@H]2n1ccc(NO)nc1=O. The first-order valence-corrected chi connectivity index (χ1v) is 8.30. The molecule has 146 valence electrons. The van der Waals surface area contributed by atoms with Gasteiger partial charge in [0.2, 0.25) is 0 Å². The molecule has 0 aliphatic carbocycles. The van der Waals surface area contributed by atoms with Crippen LogP contribution in [-0.2, 0) is 14.2 Å². The van der Waals surface area contributed by atoms with Gasteiger partial charge in [-0.05, 0) is 18.2 Å². The lowest BCUT2D eigenvalue weighted by atomic mass is 10.0. The number of ether oxygens (including phenoxy) is 3. The highest BCUT2D eigenvalue weighted by Crippen LogP contribution is 2.35. The van der Waals surface area contributed by atoms with Gasteiger partial charge in [-0.1, -0.05) is 12.1 Å². The molecule has 28 heavy (non-hydrogen) atoms. The Labute approximate surface area is 157 Å². The number of nitrogens with one attached hydrogen (secondary N) is 1.